The molecule has 0 spiro atoms. The summed E-state index contributed by atoms with van der Waals surface area (Å²) in [7, 11) is 0. The summed E-state index contributed by atoms with van der Waals surface area (Å²) >= 11 is 5.88. The number of halogens is 1. The number of carbonyl (C=O) groups is 2. The summed E-state index contributed by atoms with van der Waals surface area (Å²) in [4.78, 5) is 33.3. The zero-order chi connectivity index (χ0) is 23.3. The van der Waals surface area contributed by atoms with Gasteiger partial charge >= 0.3 is 0 Å². The normalized spacial score (nSPS) is 17.1. The van der Waals surface area contributed by atoms with Crippen molar-refractivity contribution < 1.29 is 14.3 Å². The first-order valence-corrected chi connectivity index (χ1v) is 10.8. The Bertz CT molecular complexity index is 1250. The van der Waals surface area contributed by atoms with Gasteiger partial charge in [0.05, 0.1) is 11.3 Å². The zero-order valence-electron chi connectivity index (χ0n) is 17.8. The largest absolute Gasteiger partial charge is 0.481 e. The van der Waals surface area contributed by atoms with E-state index in [-0.39, 0.29) is 31.1 Å². The Morgan fingerprint density at radius 1 is 1.03 bits per heavy atom. The van der Waals surface area contributed by atoms with E-state index in [0.717, 1.165) is 0 Å². The van der Waals surface area contributed by atoms with Crippen molar-refractivity contribution in [3.05, 3.63) is 96.2 Å². The average Bonchev–Trinajstić information content (AvgIpc) is 2.84. The summed E-state index contributed by atoms with van der Waals surface area (Å²) in [6, 6.07) is 19.5. The van der Waals surface area contributed by atoms with Gasteiger partial charge in [-0.15, -0.1) is 6.58 Å². The minimum atomic E-state index is -1.39. The number of Topliss-reactive ketones (excluding diaryl/α,β-unsaturated/α-hetero) is 1. The number of fused-ring (bicyclic) bond motifs is 1. The smallest absolute Gasteiger partial charge is 0.248 e. The number of pyridine rings is 1. The molecule has 4 rings (SSSR count). The molecule has 6 heteroatoms. The van der Waals surface area contributed by atoms with Crippen molar-refractivity contribution in [1.29, 1.82) is 0 Å². The first-order chi connectivity index (χ1) is 16.1. The lowest BCUT2D eigenvalue weighted by atomic mass is 9.71. The van der Waals surface area contributed by atoms with E-state index in [0.29, 0.717) is 27.8 Å². The highest BCUT2D eigenvalue weighted by molar-refractivity contribution is 6.30. The topological polar surface area (TPSA) is 59.5 Å². The van der Waals surface area contributed by atoms with Crippen LogP contribution in [0.25, 0.3) is 0 Å². The molecule has 1 amide bonds. The summed E-state index contributed by atoms with van der Waals surface area (Å²) in [5.74, 6) is 6.21. The van der Waals surface area contributed by atoms with Gasteiger partial charge in [0, 0.05) is 17.6 Å². The summed E-state index contributed by atoms with van der Waals surface area (Å²) < 4.78 is 5.60. The standard InChI is InChI=1S/C27H21ClN2O3/c1-2-16-27(17-6-7-19-33-22-14-12-20(28)13-15-22)24(31)23-11-8-18-29-25(23)30(26(27)32)21-9-4-3-5-10-21/h2-5,8-15,18H,1,16-17,19H2. The van der Waals surface area contributed by atoms with Crippen molar-refractivity contribution in [1.82, 2.24) is 4.98 Å². The van der Waals surface area contributed by atoms with Gasteiger partial charge < -0.3 is 4.74 Å². The molecule has 164 valence electrons. The number of amides is 1. The van der Waals surface area contributed by atoms with E-state index in [9.17, 15) is 9.59 Å². The highest BCUT2D eigenvalue weighted by atomic mass is 35.5. The molecule has 0 fully saturated rings. The van der Waals surface area contributed by atoms with Crippen LogP contribution in [0.1, 0.15) is 23.2 Å². The molecule has 33 heavy (non-hydrogen) atoms. The lowest BCUT2D eigenvalue weighted by molar-refractivity contribution is -0.125. The van der Waals surface area contributed by atoms with E-state index in [1.807, 2.05) is 30.3 Å². The molecule has 1 atom stereocenters. The number of benzene rings is 2. The number of nitrogens with zero attached hydrogens (tertiary/aromatic N) is 2. The van der Waals surface area contributed by atoms with E-state index in [1.165, 1.54) is 4.90 Å². The van der Waals surface area contributed by atoms with Crippen LogP contribution in [0, 0.1) is 17.3 Å². The molecule has 1 aromatic heterocycles. The van der Waals surface area contributed by atoms with E-state index in [2.05, 4.69) is 23.4 Å². The number of hydrogen-bond acceptors (Lipinski definition) is 4. The second kappa shape index (κ2) is 9.72. The first-order valence-electron chi connectivity index (χ1n) is 10.4. The maximum atomic E-state index is 13.8. The van der Waals surface area contributed by atoms with Gasteiger partial charge in [-0.1, -0.05) is 47.7 Å². The van der Waals surface area contributed by atoms with Crippen LogP contribution in [0.5, 0.6) is 5.75 Å². The number of hydrogen-bond donors (Lipinski definition) is 0. The van der Waals surface area contributed by atoms with Gasteiger partial charge in [0.25, 0.3) is 0 Å². The van der Waals surface area contributed by atoms with Gasteiger partial charge in [-0.25, -0.2) is 4.98 Å². The molecule has 5 nitrogen and oxygen atoms in total. The van der Waals surface area contributed by atoms with Crippen molar-refractivity contribution >= 4 is 34.8 Å². The summed E-state index contributed by atoms with van der Waals surface area (Å²) in [5.41, 5.74) is -0.356. The molecule has 1 unspecified atom stereocenters. The predicted molar refractivity (Wildman–Crippen MR) is 129 cm³/mol. The van der Waals surface area contributed by atoms with Crippen LogP contribution in [0.4, 0.5) is 11.5 Å². The highest BCUT2D eigenvalue weighted by Crippen LogP contribution is 2.44. The van der Waals surface area contributed by atoms with Crippen molar-refractivity contribution in [2.75, 3.05) is 11.5 Å². The van der Waals surface area contributed by atoms with Crippen LogP contribution in [-0.2, 0) is 4.79 Å². The van der Waals surface area contributed by atoms with Crippen LogP contribution in [-0.4, -0.2) is 23.3 Å². The maximum Gasteiger partial charge on any atom is 0.248 e. The van der Waals surface area contributed by atoms with Crippen LogP contribution in [0.2, 0.25) is 5.02 Å². The fourth-order valence-electron chi connectivity index (χ4n) is 3.80. The van der Waals surface area contributed by atoms with Crippen LogP contribution in [0.3, 0.4) is 0 Å². The summed E-state index contributed by atoms with van der Waals surface area (Å²) in [6.45, 7) is 3.91. The molecule has 0 saturated carbocycles. The van der Waals surface area contributed by atoms with Crippen LogP contribution >= 0.6 is 11.6 Å². The van der Waals surface area contributed by atoms with Gasteiger partial charge in [0.2, 0.25) is 5.91 Å². The minimum Gasteiger partial charge on any atom is -0.481 e. The third-order valence-corrected chi connectivity index (χ3v) is 5.69. The summed E-state index contributed by atoms with van der Waals surface area (Å²) in [6.07, 6.45) is 3.36. The van der Waals surface area contributed by atoms with Crippen molar-refractivity contribution in [3.8, 4) is 17.6 Å². The van der Waals surface area contributed by atoms with E-state index >= 15 is 0 Å². The third kappa shape index (κ3) is 4.39. The number of aromatic nitrogens is 1. The number of ketones is 1. The molecule has 0 bridgehead atoms. The third-order valence-electron chi connectivity index (χ3n) is 5.44. The number of ether oxygens (including phenoxy) is 1. The second-order valence-corrected chi connectivity index (χ2v) is 7.96. The molecule has 2 heterocycles. The predicted octanol–water partition coefficient (Wildman–Crippen LogP) is 5.63. The molecule has 3 aromatic rings. The Morgan fingerprint density at radius 3 is 2.52 bits per heavy atom. The molecule has 0 aliphatic carbocycles. The molecule has 0 radical (unpaired) electrons. The number of anilines is 2. The second-order valence-electron chi connectivity index (χ2n) is 7.53. The lowest BCUT2D eigenvalue weighted by Gasteiger charge is -2.39. The lowest BCUT2D eigenvalue weighted by Crippen LogP contribution is -2.51. The molecular weight excluding hydrogens is 436 g/mol. The highest BCUT2D eigenvalue weighted by Gasteiger charge is 2.52. The Hall–Kier alpha value is -3.88. The Kier molecular flexibility index (Phi) is 6.58. The minimum absolute atomic E-state index is 0.0400. The first kappa shape index (κ1) is 22.3. The SMILES string of the molecule is C=CCC1(CC#CCOc2ccc(Cl)cc2)C(=O)c2cccnc2N(c2ccccc2)C1=O. The average molecular weight is 457 g/mol. The molecule has 0 N–H and O–H groups in total. The van der Waals surface area contributed by atoms with Gasteiger partial charge in [-0.3, -0.25) is 14.5 Å². The summed E-state index contributed by atoms with van der Waals surface area (Å²) in [5, 5.41) is 0.617. The maximum absolute atomic E-state index is 13.8. The Labute approximate surface area is 197 Å². The fourth-order valence-corrected chi connectivity index (χ4v) is 3.93. The molecular formula is C27H21ClN2O3. The molecule has 1 aliphatic rings. The molecule has 2 aromatic carbocycles. The van der Waals surface area contributed by atoms with E-state index in [4.69, 9.17) is 16.3 Å². The van der Waals surface area contributed by atoms with Crippen molar-refractivity contribution in [3.63, 3.8) is 0 Å². The van der Waals surface area contributed by atoms with Crippen molar-refractivity contribution in [2.24, 2.45) is 5.41 Å². The van der Waals surface area contributed by atoms with Crippen LogP contribution in [0.15, 0.2) is 85.6 Å². The number of rotatable bonds is 6. The molecule has 1 aliphatic heterocycles. The van der Waals surface area contributed by atoms with E-state index in [1.54, 1.807) is 48.7 Å². The fraction of sp³-hybridized carbons (Fsp3) is 0.148. The number of para-hydroxylation sites is 1. The van der Waals surface area contributed by atoms with Gasteiger partial charge in [-0.05, 0) is 55.0 Å². The van der Waals surface area contributed by atoms with Gasteiger partial charge in [0.15, 0.2) is 11.6 Å². The monoisotopic (exact) mass is 456 g/mol. The van der Waals surface area contributed by atoms with Gasteiger partial charge in [0.1, 0.15) is 17.8 Å². The number of carbonyl (C=O) groups excluding carboxylic acids is 2. The van der Waals surface area contributed by atoms with Crippen LogP contribution < -0.4 is 9.64 Å². The number of allylic oxidation sites excluding steroid dienone is 1. The molecule has 0 saturated heterocycles. The van der Waals surface area contributed by atoms with Crippen molar-refractivity contribution in [2.45, 2.75) is 12.8 Å². The quantitative estimate of drug-likeness (QED) is 0.274. The van der Waals surface area contributed by atoms with E-state index < -0.39 is 5.41 Å². The Morgan fingerprint density at radius 2 is 1.79 bits per heavy atom. The van der Waals surface area contributed by atoms with Gasteiger partial charge in [-0.2, -0.15) is 0 Å². The Balaban J connectivity index is 1.65. The zero-order valence-corrected chi connectivity index (χ0v) is 18.6.